The number of anilines is 2. The molecule has 2 heterocycles. The third-order valence-corrected chi connectivity index (χ3v) is 2.26. The van der Waals surface area contributed by atoms with Gasteiger partial charge in [-0.05, 0) is 25.1 Å². The maximum absolute atomic E-state index is 5.80. The maximum atomic E-state index is 5.80. The predicted molar refractivity (Wildman–Crippen MR) is 64.1 cm³/mol. The van der Waals surface area contributed by atoms with Crippen molar-refractivity contribution in [2.45, 2.75) is 13.5 Å². The van der Waals surface area contributed by atoms with Crippen molar-refractivity contribution in [3.63, 3.8) is 0 Å². The third kappa shape index (κ3) is 2.50. The van der Waals surface area contributed by atoms with Gasteiger partial charge in [-0.15, -0.1) is 0 Å². The highest BCUT2D eigenvalue weighted by Gasteiger charge is 2.00. The number of nitrogens with two attached hydrogens (primary N) is 1. The van der Waals surface area contributed by atoms with Crippen LogP contribution >= 0.6 is 0 Å². The molecule has 0 spiro atoms. The zero-order valence-corrected chi connectivity index (χ0v) is 9.22. The van der Waals surface area contributed by atoms with Crippen LogP contribution in [0.15, 0.2) is 30.6 Å². The van der Waals surface area contributed by atoms with E-state index in [1.54, 1.807) is 6.20 Å². The van der Waals surface area contributed by atoms with Crippen LogP contribution in [0.1, 0.15) is 5.69 Å². The van der Waals surface area contributed by atoms with Gasteiger partial charge in [-0.1, -0.05) is 0 Å². The largest absolute Gasteiger partial charge is 0.396 e. The Morgan fingerprint density at radius 1 is 1.44 bits per heavy atom. The van der Waals surface area contributed by atoms with E-state index < -0.39 is 0 Å². The molecular formula is C11H15N5. The van der Waals surface area contributed by atoms with Crippen LogP contribution in [0.4, 0.5) is 11.5 Å². The highest BCUT2D eigenvalue weighted by atomic mass is 15.3. The first-order chi connectivity index (χ1) is 7.75. The molecule has 84 valence electrons. The summed E-state index contributed by atoms with van der Waals surface area (Å²) in [7, 11) is 0. The van der Waals surface area contributed by atoms with Crippen LogP contribution in [-0.2, 0) is 6.54 Å². The molecular weight excluding hydrogens is 202 g/mol. The van der Waals surface area contributed by atoms with Crippen molar-refractivity contribution >= 4 is 11.5 Å². The van der Waals surface area contributed by atoms with Gasteiger partial charge in [-0.2, -0.15) is 5.10 Å². The van der Waals surface area contributed by atoms with Gasteiger partial charge in [0.1, 0.15) is 5.82 Å². The number of nitrogens with one attached hydrogen (secondary N) is 1. The predicted octanol–water partition coefficient (Wildman–Crippen LogP) is 1.28. The van der Waals surface area contributed by atoms with E-state index in [0.29, 0.717) is 5.69 Å². The summed E-state index contributed by atoms with van der Waals surface area (Å²) in [4.78, 5) is 4.33. The smallest absolute Gasteiger partial charge is 0.149 e. The maximum Gasteiger partial charge on any atom is 0.149 e. The van der Waals surface area contributed by atoms with Gasteiger partial charge in [0.2, 0.25) is 0 Å². The van der Waals surface area contributed by atoms with Crippen molar-refractivity contribution in [3.05, 3.63) is 36.3 Å². The van der Waals surface area contributed by atoms with Gasteiger partial charge in [-0.25, -0.2) is 4.98 Å². The minimum Gasteiger partial charge on any atom is -0.396 e. The van der Waals surface area contributed by atoms with E-state index >= 15 is 0 Å². The van der Waals surface area contributed by atoms with Crippen molar-refractivity contribution in [3.8, 4) is 0 Å². The molecule has 0 saturated carbocycles. The number of aryl methyl sites for hydroxylation is 1. The summed E-state index contributed by atoms with van der Waals surface area (Å²) in [6.07, 6.45) is 3.69. The molecule has 0 aliphatic carbocycles. The van der Waals surface area contributed by atoms with Crippen LogP contribution in [-0.4, -0.2) is 21.3 Å². The summed E-state index contributed by atoms with van der Waals surface area (Å²) >= 11 is 0. The van der Waals surface area contributed by atoms with Gasteiger partial charge in [0.05, 0.1) is 12.2 Å². The zero-order valence-electron chi connectivity index (χ0n) is 9.22. The second-order valence-electron chi connectivity index (χ2n) is 3.59. The van der Waals surface area contributed by atoms with Crippen LogP contribution in [0.5, 0.6) is 0 Å². The Labute approximate surface area is 94.3 Å². The molecule has 0 aromatic carbocycles. The van der Waals surface area contributed by atoms with Gasteiger partial charge in [0.25, 0.3) is 0 Å². The summed E-state index contributed by atoms with van der Waals surface area (Å²) in [5.41, 5.74) is 7.43. The summed E-state index contributed by atoms with van der Waals surface area (Å²) in [6, 6.07) is 5.66. The fourth-order valence-electron chi connectivity index (χ4n) is 1.43. The number of nitrogen functional groups attached to an aromatic ring is 1. The van der Waals surface area contributed by atoms with Gasteiger partial charge in [-0.3, -0.25) is 4.68 Å². The van der Waals surface area contributed by atoms with E-state index in [1.807, 2.05) is 36.0 Å². The molecule has 0 aliphatic rings. The van der Waals surface area contributed by atoms with Gasteiger partial charge >= 0.3 is 0 Å². The van der Waals surface area contributed by atoms with Crippen LogP contribution in [0.25, 0.3) is 0 Å². The number of nitrogens with zero attached hydrogens (tertiary/aromatic N) is 3. The lowest BCUT2D eigenvalue weighted by atomic mass is 10.3. The molecule has 5 nitrogen and oxygen atoms in total. The molecule has 0 saturated heterocycles. The van der Waals surface area contributed by atoms with E-state index in [0.717, 1.165) is 24.6 Å². The molecule has 5 heteroatoms. The molecule has 0 unspecified atom stereocenters. The topological polar surface area (TPSA) is 68.8 Å². The Hall–Kier alpha value is -2.04. The second-order valence-corrected chi connectivity index (χ2v) is 3.59. The molecule has 2 aromatic rings. The quantitative estimate of drug-likeness (QED) is 0.809. The van der Waals surface area contributed by atoms with Crippen LogP contribution in [0.3, 0.4) is 0 Å². The first kappa shape index (κ1) is 10.5. The summed E-state index contributed by atoms with van der Waals surface area (Å²) in [5, 5.41) is 7.31. The molecule has 2 rings (SSSR count). The molecule has 0 aliphatic heterocycles. The van der Waals surface area contributed by atoms with E-state index in [-0.39, 0.29) is 0 Å². The fourth-order valence-corrected chi connectivity index (χ4v) is 1.43. The van der Waals surface area contributed by atoms with Crippen molar-refractivity contribution in [1.29, 1.82) is 0 Å². The van der Waals surface area contributed by atoms with Crippen molar-refractivity contribution in [1.82, 2.24) is 14.8 Å². The Bertz CT molecular complexity index is 449. The number of aromatic nitrogens is 3. The molecule has 0 amide bonds. The van der Waals surface area contributed by atoms with E-state index in [2.05, 4.69) is 15.4 Å². The van der Waals surface area contributed by atoms with Crippen molar-refractivity contribution < 1.29 is 0 Å². The number of hydrogen-bond donors (Lipinski definition) is 2. The van der Waals surface area contributed by atoms with E-state index in [4.69, 9.17) is 5.73 Å². The monoisotopic (exact) mass is 217 g/mol. The summed E-state index contributed by atoms with van der Waals surface area (Å²) < 4.78 is 1.86. The standard InChI is InChI=1S/C11H15N5/c1-9-3-4-10(12)11(15-9)13-6-8-16-7-2-5-14-16/h2-5,7H,6,8,12H2,1H3,(H,13,15). The average Bonchev–Trinajstić information content (AvgIpc) is 2.76. The Morgan fingerprint density at radius 2 is 2.31 bits per heavy atom. The number of rotatable bonds is 4. The Balaban J connectivity index is 1.92. The van der Waals surface area contributed by atoms with Crippen molar-refractivity contribution in [2.24, 2.45) is 0 Å². The molecule has 3 N–H and O–H groups in total. The first-order valence-corrected chi connectivity index (χ1v) is 5.20. The minimum atomic E-state index is 0.672. The molecule has 0 bridgehead atoms. The zero-order chi connectivity index (χ0) is 11.4. The third-order valence-electron chi connectivity index (χ3n) is 2.26. The van der Waals surface area contributed by atoms with E-state index in [1.165, 1.54) is 0 Å². The number of pyridine rings is 1. The lowest BCUT2D eigenvalue weighted by Gasteiger charge is -2.08. The molecule has 0 fully saturated rings. The Morgan fingerprint density at radius 3 is 3.06 bits per heavy atom. The fraction of sp³-hybridized carbons (Fsp3) is 0.273. The molecule has 2 aromatic heterocycles. The highest BCUT2D eigenvalue weighted by Crippen LogP contribution is 2.14. The Kier molecular flexibility index (Phi) is 3.05. The van der Waals surface area contributed by atoms with Crippen LogP contribution < -0.4 is 11.1 Å². The molecule has 0 atom stereocenters. The molecule has 0 radical (unpaired) electrons. The van der Waals surface area contributed by atoms with E-state index in [9.17, 15) is 0 Å². The average molecular weight is 217 g/mol. The van der Waals surface area contributed by atoms with Gasteiger partial charge < -0.3 is 11.1 Å². The minimum absolute atomic E-state index is 0.672. The normalized spacial score (nSPS) is 10.3. The SMILES string of the molecule is Cc1ccc(N)c(NCCn2cccn2)n1. The highest BCUT2D eigenvalue weighted by molar-refractivity contribution is 5.61. The molecule has 16 heavy (non-hydrogen) atoms. The second kappa shape index (κ2) is 4.65. The van der Waals surface area contributed by atoms with Gasteiger partial charge in [0, 0.05) is 24.6 Å². The number of hydrogen-bond acceptors (Lipinski definition) is 4. The van der Waals surface area contributed by atoms with Crippen molar-refractivity contribution in [2.75, 3.05) is 17.6 Å². The van der Waals surface area contributed by atoms with Gasteiger partial charge in [0.15, 0.2) is 0 Å². The lowest BCUT2D eigenvalue weighted by Crippen LogP contribution is -2.13. The van der Waals surface area contributed by atoms with Crippen LogP contribution in [0, 0.1) is 6.92 Å². The first-order valence-electron chi connectivity index (χ1n) is 5.20. The van der Waals surface area contributed by atoms with Crippen LogP contribution in [0.2, 0.25) is 0 Å². The lowest BCUT2D eigenvalue weighted by molar-refractivity contribution is 0.637. The summed E-state index contributed by atoms with van der Waals surface area (Å²) in [6.45, 7) is 3.49. The summed E-state index contributed by atoms with van der Waals surface area (Å²) in [5.74, 6) is 0.743.